The maximum atomic E-state index is 13.1. The SMILES string of the molecule is CCC(C)CCCCCCCCCCCCCCCCCCCCC(=O)O[C@H](COC(=O)CCCCCCCCCC(C)C)COP(=O)(O)OCC(O)COP(=O)(O)OC[C@@H](COC(=O)CCCCCCCCCCCCCC(C)C)OC(=O)CCCCCCCCCCCC(C)C. The van der Waals surface area contributed by atoms with E-state index in [0.29, 0.717) is 31.6 Å². The van der Waals surface area contributed by atoms with Gasteiger partial charge in [0.25, 0.3) is 0 Å². The van der Waals surface area contributed by atoms with Gasteiger partial charge in [0.05, 0.1) is 26.4 Å². The van der Waals surface area contributed by atoms with Gasteiger partial charge in [0.1, 0.15) is 19.3 Å². The highest BCUT2D eigenvalue weighted by Crippen LogP contribution is 2.45. The summed E-state index contributed by atoms with van der Waals surface area (Å²) in [7, 11) is -9.92. The quantitative estimate of drug-likeness (QED) is 0.0222. The Kier molecular flexibility index (Phi) is 66.8. The van der Waals surface area contributed by atoms with Gasteiger partial charge in [0, 0.05) is 25.7 Å². The van der Waals surface area contributed by atoms with Crippen molar-refractivity contribution in [2.24, 2.45) is 23.7 Å². The molecule has 0 heterocycles. The fourth-order valence-electron chi connectivity index (χ4n) is 12.0. The summed E-state index contributed by atoms with van der Waals surface area (Å²) >= 11 is 0. The number of unbranched alkanes of at least 4 members (excludes halogenated alkanes) is 41. The van der Waals surface area contributed by atoms with Crippen LogP contribution in [0.2, 0.25) is 0 Å². The Labute approximate surface area is 600 Å². The van der Waals surface area contributed by atoms with Crippen LogP contribution in [-0.2, 0) is 65.4 Å². The molecule has 0 spiro atoms. The number of aliphatic hydroxyl groups is 1. The van der Waals surface area contributed by atoms with Crippen molar-refractivity contribution in [1.29, 1.82) is 0 Å². The van der Waals surface area contributed by atoms with Crippen molar-refractivity contribution < 1.29 is 80.2 Å². The first-order valence-electron chi connectivity index (χ1n) is 40.7. The van der Waals surface area contributed by atoms with Gasteiger partial charge in [-0.1, -0.05) is 351 Å². The van der Waals surface area contributed by atoms with Crippen molar-refractivity contribution in [3.8, 4) is 0 Å². The molecule has 0 rings (SSSR count). The minimum atomic E-state index is -4.96. The van der Waals surface area contributed by atoms with Gasteiger partial charge in [-0.15, -0.1) is 0 Å². The van der Waals surface area contributed by atoms with E-state index < -0.39 is 97.5 Å². The molecular formula is C79H154O17P2. The Morgan fingerprint density at radius 3 is 0.724 bits per heavy atom. The van der Waals surface area contributed by atoms with E-state index in [0.717, 1.165) is 114 Å². The van der Waals surface area contributed by atoms with Crippen molar-refractivity contribution in [1.82, 2.24) is 0 Å². The lowest BCUT2D eigenvalue weighted by atomic mass is 9.99. The number of hydrogen-bond donors (Lipinski definition) is 3. The van der Waals surface area contributed by atoms with Gasteiger partial charge >= 0.3 is 39.5 Å². The Bertz CT molecular complexity index is 1920. The highest BCUT2D eigenvalue weighted by Gasteiger charge is 2.30. The fourth-order valence-corrected chi connectivity index (χ4v) is 13.6. The minimum Gasteiger partial charge on any atom is -0.462 e. The molecule has 582 valence electrons. The molecule has 0 aromatic heterocycles. The van der Waals surface area contributed by atoms with Crippen LogP contribution in [-0.4, -0.2) is 96.7 Å². The van der Waals surface area contributed by atoms with Crippen molar-refractivity contribution in [2.45, 2.75) is 420 Å². The van der Waals surface area contributed by atoms with Crippen LogP contribution in [0.25, 0.3) is 0 Å². The summed E-state index contributed by atoms with van der Waals surface area (Å²) < 4.78 is 68.6. The average Bonchev–Trinajstić information content (AvgIpc) is 1.04. The van der Waals surface area contributed by atoms with Gasteiger partial charge in [0.2, 0.25) is 0 Å². The Hall–Kier alpha value is -1.94. The van der Waals surface area contributed by atoms with Crippen molar-refractivity contribution in [2.75, 3.05) is 39.6 Å². The number of carbonyl (C=O) groups excluding carboxylic acids is 4. The van der Waals surface area contributed by atoms with Crippen LogP contribution < -0.4 is 0 Å². The standard InChI is InChI=1S/C79H154O17P2/c1-9-72(8)58-50-42-34-26-20-16-14-12-10-11-13-15-17-21-28-36-45-53-61-78(83)95-75(66-90-77(82)60-52-44-38-30-33-41-49-57-71(6)7)68-94-98(87,88)92-64-73(80)63-91-97(85,86)93-67-74(96-79(84)62-54-46-37-29-23-25-32-40-48-56-70(4)5)65-89-76(81)59-51-43-35-27-22-18-19-24-31-39-47-55-69(2)3/h69-75,80H,9-68H2,1-8H3,(H,85,86)(H,87,88)/t72?,73?,74-,75-/m1/s1. The number of hydrogen-bond acceptors (Lipinski definition) is 15. The lowest BCUT2D eigenvalue weighted by Gasteiger charge is -2.21. The van der Waals surface area contributed by atoms with Gasteiger partial charge in [-0.25, -0.2) is 9.13 Å². The third kappa shape index (κ3) is 71.1. The molecule has 19 heteroatoms. The van der Waals surface area contributed by atoms with Gasteiger partial charge in [-0.05, 0) is 49.4 Å². The van der Waals surface area contributed by atoms with Gasteiger partial charge < -0.3 is 33.8 Å². The zero-order valence-electron chi connectivity index (χ0n) is 64.4. The van der Waals surface area contributed by atoms with Crippen LogP contribution in [0.3, 0.4) is 0 Å². The first-order valence-corrected chi connectivity index (χ1v) is 43.7. The lowest BCUT2D eigenvalue weighted by molar-refractivity contribution is -0.161. The smallest absolute Gasteiger partial charge is 0.462 e. The summed E-state index contributed by atoms with van der Waals surface area (Å²) in [4.78, 5) is 72.9. The third-order valence-corrected chi connectivity index (χ3v) is 20.6. The molecule has 0 aromatic rings. The first kappa shape index (κ1) is 96.1. The largest absolute Gasteiger partial charge is 0.472 e. The van der Waals surface area contributed by atoms with E-state index in [1.165, 1.54) is 199 Å². The zero-order chi connectivity index (χ0) is 72.4. The number of esters is 4. The number of rotatable bonds is 76. The molecule has 0 aliphatic carbocycles. The summed E-state index contributed by atoms with van der Waals surface area (Å²) in [5.41, 5.74) is 0. The van der Waals surface area contributed by atoms with Crippen molar-refractivity contribution >= 4 is 39.5 Å². The predicted molar refractivity (Wildman–Crippen MR) is 400 cm³/mol. The van der Waals surface area contributed by atoms with Crippen molar-refractivity contribution in [3.05, 3.63) is 0 Å². The first-order chi connectivity index (χ1) is 47.1. The second-order valence-corrected chi connectivity index (χ2v) is 33.0. The van der Waals surface area contributed by atoms with E-state index in [9.17, 15) is 43.2 Å². The normalized spacial score (nSPS) is 14.3. The molecule has 6 atom stereocenters. The second kappa shape index (κ2) is 68.2. The highest BCUT2D eigenvalue weighted by atomic mass is 31.2. The van der Waals surface area contributed by atoms with Crippen LogP contribution in [0, 0.1) is 23.7 Å². The number of ether oxygens (including phenoxy) is 4. The topological polar surface area (TPSA) is 237 Å². The molecule has 0 radical (unpaired) electrons. The summed E-state index contributed by atoms with van der Waals surface area (Å²) in [6, 6.07) is 0. The monoisotopic (exact) mass is 1440 g/mol. The summed E-state index contributed by atoms with van der Waals surface area (Å²) in [5, 5.41) is 10.6. The molecule has 0 saturated heterocycles. The molecule has 0 aliphatic rings. The third-order valence-electron chi connectivity index (χ3n) is 18.7. The molecular weight excluding hydrogens is 1280 g/mol. The lowest BCUT2D eigenvalue weighted by Crippen LogP contribution is -2.30. The van der Waals surface area contributed by atoms with E-state index in [-0.39, 0.29) is 25.7 Å². The van der Waals surface area contributed by atoms with Crippen LogP contribution in [0.5, 0.6) is 0 Å². The van der Waals surface area contributed by atoms with Crippen LogP contribution in [0.1, 0.15) is 402 Å². The van der Waals surface area contributed by atoms with Crippen LogP contribution in [0.15, 0.2) is 0 Å². The Balaban J connectivity index is 5.18. The maximum absolute atomic E-state index is 13.1. The zero-order valence-corrected chi connectivity index (χ0v) is 66.2. The molecule has 0 aromatic carbocycles. The molecule has 0 bridgehead atoms. The number of carbonyl (C=O) groups is 4. The van der Waals surface area contributed by atoms with E-state index in [4.69, 9.17) is 37.0 Å². The molecule has 0 aliphatic heterocycles. The van der Waals surface area contributed by atoms with E-state index in [2.05, 4.69) is 55.4 Å². The maximum Gasteiger partial charge on any atom is 0.472 e. The van der Waals surface area contributed by atoms with E-state index >= 15 is 0 Å². The van der Waals surface area contributed by atoms with Gasteiger partial charge in [-0.3, -0.25) is 37.3 Å². The molecule has 0 fully saturated rings. The molecule has 98 heavy (non-hydrogen) atoms. The van der Waals surface area contributed by atoms with E-state index in [1.54, 1.807) is 0 Å². The molecule has 3 N–H and O–H groups in total. The highest BCUT2D eigenvalue weighted by molar-refractivity contribution is 7.47. The fraction of sp³-hybridized carbons (Fsp3) is 0.949. The summed E-state index contributed by atoms with van der Waals surface area (Å²) in [6.07, 6.45) is 54.3. The predicted octanol–water partition coefficient (Wildman–Crippen LogP) is 23.2. The Morgan fingerprint density at radius 1 is 0.286 bits per heavy atom. The van der Waals surface area contributed by atoms with Crippen molar-refractivity contribution in [3.63, 3.8) is 0 Å². The molecule has 0 amide bonds. The molecule has 4 unspecified atom stereocenters. The average molecular weight is 1440 g/mol. The van der Waals surface area contributed by atoms with E-state index in [1.807, 2.05) is 0 Å². The second-order valence-electron chi connectivity index (χ2n) is 30.1. The minimum absolute atomic E-state index is 0.105. The number of phosphoric ester groups is 2. The summed E-state index contributed by atoms with van der Waals surface area (Å²) in [5.74, 6) is 0.964. The number of phosphoric acid groups is 2. The van der Waals surface area contributed by atoms with Crippen LogP contribution in [0.4, 0.5) is 0 Å². The van der Waals surface area contributed by atoms with Gasteiger partial charge in [0.15, 0.2) is 12.2 Å². The molecule has 0 saturated carbocycles. The van der Waals surface area contributed by atoms with Crippen LogP contribution >= 0.6 is 15.6 Å². The summed E-state index contributed by atoms with van der Waals surface area (Å²) in [6.45, 7) is 14.2. The Morgan fingerprint density at radius 2 is 0.490 bits per heavy atom. The van der Waals surface area contributed by atoms with Gasteiger partial charge in [-0.2, -0.15) is 0 Å². The molecule has 17 nitrogen and oxygen atoms in total. The number of aliphatic hydroxyl groups excluding tert-OH is 1.